The van der Waals surface area contributed by atoms with Gasteiger partial charge < -0.3 is 14.9 Å². The molecule has 1 aromatic carbocycles. The van der Waals surface area contributed by atoms with Crippen molar-refractivity contribution in [3.63, 3.8) is 0 Å². The maximum atomic E-state index is 14.1. The third-order valence-corrected chi connectivity index (χ3v) is 3.62. The number of carbonyl (C=O) groups is 1. The first-order valence-electron chi connectivity index (χ1n) is 5.81. The Kier molecular flexibility index (Phi) is 3.15. The molecule has 0 saturated heterocycles. The van der Waals surface area contributed by atoms with Gasteiger partial charge in [0, 0.05) is 17.7 Å². The average molecular weight is 254 g/mol. The molecule has 1 aliphatic carbocycles. The molecule has 0 unspecified atom stereocenters. The van der Waals surface area contributed by atoms with E-state index < -0.39 is 17.2 Å². The highest BCUT2D eigenvalue weighted by molar-refractivity contribution is 5.83. The maximum absolute atomic E-state index is 14.1. The Hall–Kier alpha value is -1.78. The summed E-state index contributed by atoms with van der Waals surface area (Å²) in [6, 6.07) is 2.36. The summed E-state index contributed by atoms with van der Waals surface area (Å²) in [4.78, 5) is 11.5. The zero-order valence-electron chi connectivity index (χ0n) is 10.1. The topological polar surface area (TPSA) is 66.8 Å². The molecule has 0 atom stereocenters. The first-order valence-corrected chi connectivity index (χ1v) is 5.81. The van der Waals surface area contributed by atoms with E-state index >= 15 is 0 Å². The van der Waals surface area contributed by atoms with Crippen LogP contribution in [0.15, 0.2) is 12.1 Å². The van der Waals surface area contributed by atoms with E-state index in [1.165, 1.54) is 13.2 Å². The number of aromatic hydroxyl groups is 1. The van der Waals surface area contributed by atoms with Crippen molar-refractivity contribution in [2.45, 2.75) is 31.1 Å². The largest absolute Gasteiger partial charge is 0.507 e. The van der Waals surface area contributed by atoms with Gasteiger partial charge in [0.15, 0.2) is 0 Å². The summed E-state index contributed by atoms with van der Waals surface area (Å²) in [5.74, 6) is -1.99. The summed E-state index contributed by atoms with van der Waals surface area (Å²) in [5, 5.41) is 19.3. The van der Waals surface area contributed by atoms with Crippen molar-refractivity contribution in [3.8, 4) is 11.5 Å². The molecule has 1 aromatic rings. The van der Waals surface area contributed by atoms with Gasteiger partial charge in [0.1, 0.15) is 17.3 Å². The average Bonchev–Trinajstić information content (AvgIpc) is 2.78. The SMILES string of the molecule is COc1cc(O)c(C2(C(=O)O)CCCC2)c(F)c1. The highest BCUT2D eigenvalue weighted by Crippen LogP contribution is 2.46. The summed E-state index contributed by atoms with van der Waals surface area (Å²) < 4.78 is 18.9. The van der Waals surface area contributed by atoms with E-state index in [2.05, 4.69) is 0 Å². The number of methoxy groups -OCH3 is 1. The monoisotopic (exact) mass is 254 g/mol. The van der Waals surface area contributed by atoms with E-state index in [1.807, 2.05) is 0 Å². The van der Waals surface area contributed by atoms with Crippen LogP contribution in [-0.2, 0) is 10.2 Å². The number of hydrogen-bond donors (Lipinski definition) is 2. The zero-order chi connectivity index (χ0) is 13.3. The van der Waals surface area contributed by atoms with E-state index in [4.69, 9.17) is 4.74 Å². The predicted octanol–water partition coefficient (Wildman–Crippen LogP) is 2.44. The van der Waals surface area contributed by atoms with Crippen molar-refractivity contribution in [2.75, 3.05) is 7.11 Å². The molecule has 0 aliphatic heterocycles. The highest BCUT2D eigenvalue weighted by atomic mass is 19.1. The first-order chi connectivity index (χ1) is 8.51. The van der Waals surface area contributed by atoms with Crippen LogP contribution in [0.1, 0.15) is 31.2 Å². The Morgan fingerprint density at radius 3 is 2.44 bits per heavy atom. The molecule has 1 fully saturated rings. The van der Waals surface area contributed by atoms with Gasteiger partial charge in [-0.1, -0.05) is 12.8 Å². The third kappa shape index (κ3) is 1.79. The van der Waals surface area contributed by atoms with Crippen LogP contribution in [0.4, 0.5) is 4.39 Å². The summed E-state index contributed by atoms with van der Waals surface area (Å²) in [6.45, 7) is 0. The van der Waals surface area contributed by atoms with Crippen molar-refractivity contribution in [1.29, 1.82) is 0 Å². The number of phenolic OH excluding ortho intramolecular Hbond substituents is 1. The lowest BCUT2D eigenvalue weighted by Crippen LogP contribution is -2.33. The number of halogens is 1. The van der Waals surface area contributed by atoms with Crippen LogP contribution in [0.5, 0.6) is 11.5 Å². The fraction of sp³-hybridized carbons (Fsp3) is 0.462. The van der Waals surface area contributed by atoms with E-state index in [0.29, 0.717) is 12.8 Å². The molecule has 0 heterocycles. The smallest absolute Gasteiger partial charge is 0.314 e. The van der Waals surface area contributed by atoms with Gasteiger partial charge >= 0.3 is 5.97 Å². The summed E-state index contributed by atoms with van der Waals surface area (Å²) in [7, 11) is 1.36. The van der Waals surface area contributed by atoms with Crippen molar-refractivity contribution in [3.05, 3.63) is 23.5 Å². The molecule has 4 nitrogen and oxygen atoms in total. The van der Waals surface area contributed by atoms with Crippen LogP contribution < -0.4 is 4.74 Å². The molecule has 0 spiro atoms. The van der Waals surface area contributed by atoms with Crippen LogP contribution in [0.3, 0.4) is 0 Å². The van der Waals surface area contributed by atoms with Crippen molar-refractivity contribution < 1.29 is 24.1 Å². The van der Waals surface area contributed by atoms with Gasteiger partial charge in [-0.05, 0) is 12.8 Å². The zero-order valence-corrected chi connectivity index (χ0v) is 10.1. The van der Waals surface area contributed by atoms with E-state index in [1.54, 1.807) is 0 Å². The van der Waals surface area contributed by atoms with Crippen LogP contribution in [0.2, 0.25) is 0 Å². The second kappa shape index (κ2) is 4.48. The summed E-state index contributed by atoms with van der Waals surface area (Å²) in [6.07, 6.45) is 2.13. The van der Waals surface area contributed by atoms with Crippen molar-refractivity contribution in [1.82, 2.24) is 0 Å². The summed E-state index contributed by atoms with van der Waals surface area (Å²) in [5.41, 5.74) is -1.42. The molecule has 2 rings (SSSR count). The maximum Gasteiger partial charge on any atom is 0.314 e. The van der Waals surface area contributed by atoms with Crippen LogP contribution in [-0.4, -0.2) is 23.3 Å². The van der Waals surface area contributed by atoms with E-state index in [9.17, 15) is 19.4 Å². The number of carboxylic acid groups (broad SMARTS) is 1. The highest BCUT2D eigenvalue weighted by Gasteiger charge is 2.46. The molecule has 0 amide bonds. The Bertz CT molecular complexity index is 455. The molecule has 0 radical (unpaired) electrons. The second-order valence-electron chi connectivity index (χ2n) is 4.60. The molecule has 98 valence electrons. The van der Waals surface area contributed by atoms with Crippen molar-refractivity contribution in [2.24, 2.45) is 0 Å². The standard InChI is InChI=1S/C13H15FO4/c1-18-8-6-9(14)11(10(15)7-8)13(12(16)17)4-2-3-5-13/h6-7,15H,2-5H2,1H3,(H,16,17). The fourth-order valence-electron chi connectivity index (χ4n) is 2.71. The molecule has 0 aromatic heterocycles. The number of benzene rings is 1. The Labute approximate surface area is 104 Å². The first kappa shape index (κ1) is 12.7. The molecular weight excluding hydrogens is 239 g/mol. The Morgan fingerprint density at radius 2 is 2.00 bits per heavy atom. The number of aliphatic carboxylic acids is 1. The van der Waals surface area contributed by atoms with Crippen LogP contribution >= 0.6 is 0 Å². The second-order valence-corrected chi connectivity index (χ2v) is 4.60. The fourth-order valence-corrected chi connectivity index (χ4v) is 2.71. The molecule has 1 saturated carbocycles. The lowest BCUT2D eigenvalue weighted by molar-refractivity contribution is -0.143. The van der Waals surface area contributed by atoms with Gasteiger partial charge in [0.2, 0.25) is 0 Å². The van der Waals surface area contributed by atoms with Gasteiger partial charge in [-0.2, -0.15) is 0 Å². The number of ether oxygens (including phenoxy) is 1. The molecule has 0 bridgehead atoms. The Morgan fingerprint density at radius 1 is 1.39 bits per heavy atom. The lowest BCUT2D eigenvalue weighted by atomic mass is 9.78. The number of phenols is 1. The van der Waals surface area contributed by atoms with Gasteiger partial charge in [-0.3, -0.25) is 4.79 Å². The minimum absolute atomic E-state index is 0.117. The van der Waals surface area contributed by atoms with Crippen molar-refractivity contribution >= 4 is 5.97 Å². The molecule has 2 N–H and O–H groups in total. The normalized spacial score (nSPS) is 17.7. The van der Waals surface area contributed by atoms with E-state index in [0.717, 1.165) is 18.9 Å². The minimum atomic E-state index is -1.31. The van der Waals surface area contributed by atoms with Gasteiger partial charge in [-0.25, -0.2) is 4.39 Å². The minimum Gasteiger partial charge on any atom is -0.507 e. The van der Waals surface area contributed by atoms with Gasteiger partial charge in [-0.15, -0.1) is 0 Å². The molecule has 1 aliphatic rings. The van der Waals surface area contributed by atoms with E-state index in [-0.39, 0.29) is 17.1 Å². The Balaban J connectivity index is 2.59. The van der Waals surface area contributed by atoms with Crippen LogP contribution in [0.25, 0.3) is 0 Å². The number of carboxylic acids is 1. The molecular formula is C13H15FO4. The van der Waals surface area contributed by atoms with Gasteiger partial charge in [0.25, 0.3) is 0 Å². The number of rotatable bonds is 3. The van der Waals surface area contributed by atoms with Crippen LogP contribution in [0, 0.1) is 5.82 Å². The molecule has 18 heavy (non-hydrogen) atoms. The quantitative estimate of drug-likeness (QED) is 0.869. The lowest BCUT2D eigenvalue weighted by Gasteiger charge is -2.25. The molecule has 5 heteroatoms. The van der Waals surface area contributed by atoms with Gasteiger partial charge in [0.05, 0.1) is 12.5 Å². The third-order valence-electron chi connectivity index (χ3n) is 3.62. The number of hydrogen-bond acceptors (Lipinski definition) is 3. The summed E-state index contributed by atoms with van der Waals surface area (Å²) >= 11 is 0. The predicted molar refractivity (Wildman–Crippen MR) is 62.4 cm³/mol.